The van der Waals surface area contributed by atoms with Crippen LogP contribution in [0.2, 0.25) is 0 Å². The maximum absolute atomic E-state index is 12.9. The van der Waals surface area contributed by atoms with Gasteiger partial charge in [-0.15, -0.1) is 0 Å². The Morgan fingerprint density at radius 3 is 2.57 bits per heavy atom. The summed E-state index contributed by atoms with van der Waals surface area (Å²) in [7, 11) is 0. The van der Waals surface area contributed by atoms with Crippen LogP contribution in [0, 0.1) is 0 Å². The number of nitrogens with zero attached hydrogens (tertiary/aromatic N) is 2. The third-order valence-corrected chi connectivity index (χ3v) is 5.93. The van der Waals surface area contributed by atoms with Crippen molar-refractivity contribution in [2.45, 2.75) is 18.6 Å². The van der Waals surface area contributed by atoms with Gasteiger partial charge in [-0.3, -0.25) is 9.69 Å². The zero-order chi connectivity index (χ0) is 18.9. The number of hydrazine groups is 1. The van der Waals surface area contributed by atoms with Crippen LogP contribution in [-0.2, 0) is 0 Å². The molecule has 6 nitrogen and oxygen atoms in total. The van der Waals surface area contributed by atoms with Crippen LogP contribution in [0.3, 0.4) is 0 Å². The second-order valence-electron chi connectivity index (χ2n) is 7.61. The number of aromatic amines is 1. The van der Waals surface area contributed by atoms with Crippen molar-refractivity contribution < 1.29 is 4.79 Å². The number of hydrogen-bond donors (Lipinski definition) is 3. The Balaban J connectivity index is 1.19. The van der Waals surface area contributed by atoms with Crippen molar-refractivity contribution in [3.05, 3.63) is 71.9 Å². The minimum atomic E-state index is 0.127. The molecule has 2 aromatic carbocycles. The van der Waals surface area contributed by atoms with E-state index in [1.165, 1.54) is 5.56 Å². The van der Waals surface area contributed by atoms with Crippen molar-refractivity contribution >= 4 is 16.8 Å². The molecule has 3 heterocycles. The second-order valence-corrected chi connectivity index (χ2v) is 7.61. The van der Waals surface area contributed by atoms with Gasteiger partial charge in [0.25, 0.3) is 5.91 Å². The van der Waals surface area contributed by atoms with E-state index in [9.17, 15) is 4.79 Å². The molecule has 2 unspecified atom stereocenters. The number of piperazine rings is 1. The molecule has 2 aliphatic heterocycles. The van der Waals surface area contributed by atoms with E-state index in [0.29, 0.717) is 12.2 Å². The fraction of sp³-hybridized carbons (Fsp3) is 0.318. The van der Waals surface area contributed by atoms with Gasteiger partial charge in [-0.2, -0.15) is 0 Å². The smallest absolute Gasteiger partial charge is 0.253 e. The van der Waals surface area contributed by atoms with Crippen LogP contribution in [0.25, 0.3) is 10.9 Å². The zero-order valence-electron chi connectivity index (χ0n) is 15.8. The maximum Gasteiger partial charge on any atom is 0.253 e. The van der Waals surface area contributed by atoms with Crippen LogP contribution in [0.1, 0.15) is 28.4 Å². The summed E-state index contributed by atoms with van der Waals surface area (Å²) in [6.07, 6.45) is 3.24. The van der Waals surface area contributed by atoms with Crippen LogP contribution >= 0.6 is 0 Å². The highest BCUT2D eigenvalue weighted by molar-refractivity contribution is 5.98. The number of carbonyl (C=O) groups excluding carboxylic acids is 1. The van der Waals surface area contributed by atoms with Gasteiger partial charge in [0.05, 0.1) is 6.17 Å². The van der Waals surface area contributed by atoms with E-state index in [0.717, 1.165) is 49.1 Å². The highest BCUT2D eigenvalue weighted by Gasteiger charge is 2.32. The van der Waals surface area contributed by atoms with Crippen molar-refractivity contribution in [1.82, 2.24) is 25.6 Å². The Kier molecular flexibility index (Phi) is 4.60. The molecule has 5 rings (SSSR count). The van der Waals surface area contributed by atoms with Gasteiger partial charge in [0, 0.05) is 54.9 Å². The second kappa shape index (κ2) is 7.39. The predicted molar refractivity (Wildman–Crippen MR) is 110 cm³/mol. The molecule has 2 fully saturated rings. The van der Waals surface area contributed by atoms with Gasteiger partial charge in [0.2, 0.25) is 0 Å². The molecule has 3 aromatic rings. The Morgan fingerprint density at radius 1 is 0.929 bits per heavy atom. The van der Waals surface area contributed by atoms with E-state index < -0.39 is 0 Å². The van der Waals surface area contributed by atoms with Crippen molar-refractivity contribution in [2.24, 2.45) is 0 Å². The minimum Gasteiger partial charge on any atom is -0.361 e. The number of carbonyl (C=O) groups is 1. The van der Waals surface area contributed by atoms with E-state index in [1.807, 2.05) is 41.4 Å². The van der Waals surface area contributed by atoms with E-state index in [4.69, 9.17) is 0 Å². The van der Waals surface area contributed by atoms with Crippen LogP contribution in [0.5, 0.6) is 0 Å². The molecule has 6 heteroatoms. The molecule has 1 aromatic heterocycles. The number of hydrogen-bond acceptors (Lipinski definition) is 4. The molecule has 3 N–H and O–H groups in total. The molecular formula is C22H25N5O. The van der Waals surface area contributed by atoms with Gasteiger partial charge in [0.15, 0.2) is 0 Å². The fourth-order valence-corrected chi connectivity index (χ4v) is 4.29. The first-order valence-corrected chi connectivity index (χ1v) is 9.94. The van der Waals surface area contributed by atoms with Crippen LogP contribution in [0.4, 0.5) is 0 Å². The summed E-state index contributed by atoms with van der Waals surface area (Å²) in [5.41, 5.74) is 10.0. The van der Waals surface area contributed by atoms with Crippen molar-refractivity contribution in [1.29, 1.82) is 0 Å². The Morgan fingerprint density at radius 2 is 1.75 bits per heavy atom. The maximum atomic E-state index is 12.9. The van der Waals surface area contributed by atoms with Crippen molar-refractivity contribution in [2.75, 3.05) is 26.2 Å². The summed E-state index contributed by atoms with van der Waals surface area (Å²) >= 11 is 0. The van der Waals surface area contributed by atoms with E-state index in [-0.39, 0.29) is 5.91 Å². The van der Waals surface area contributed by atoms with Crippen LogP contribution in [-0.4, -0.2) is 53.0 Å². The third kappa shape index (κ3) is 3.30. The van der Waals surface area contributed by atoms with E-state index in [1.54, 1.807) is 0 Å². The molecule has 0 bridgehead atoms. The highest BCUT2D eigenvalue weighted by Crippen LogP contribution is 2.24. The molecule has 1 amide bonds. The van der Waals surface area contributed by atoms with Crippen molar-refractivity contribution in [3.8, 4) is 0 Å². The largest absolute Gasteiger partial charge is 0.361 e. The predicted octanol–water partition coefficient (Wildman–Crippen LogP) is 2.49. The molecule has 0 aliphatic carbocycles. The first-order chi connectivity index (χ1) is 13.8. The molecule has 0 saturated carbocycles. The van der Waals surface area contributed by atoms with E-state index in [2.05, 4.69) is 45.0 Å². The molecule has 2 saturated heterocycles. The SMILES string of the molecule is O=C(c1ccc2[nH]ccc2c1)N1CCN(C2CC(c3ccccc3)NN2)CC1. The summed E-state index contributed by atoms with van der Waals surface area (Å²) in [4.78, 5) is 20.5. The van der Waals surface area contributed by atoms with Crippen molar-refractivity contribution in [3.63, 3.8) is 0 Å². The minimum absolute atomic E-state index is 0.127. The number of amides is 1. The third-order valence-electron chi connectivity index (χ3n) is 5.93. The normalized spacial score (nSPS) is 23.4. The lowest BCUT2D eigenvalue weighted by atomic mass is 10.0. The zero-order valence-corrected chi connectivity index (χ0v) is 15.8. The molecule has 28 heavy (non-hydrogen) atoms. The lowest BCUT2D eigenvalue weighted by Crippen LogP contribution is -2.55. The summed E-state index contributed by atoms with van der Waals surface area (Å²) in [6.45, 7) is 3.30. The lowest BCUT2D eigenvalue weighted by molar-refractivity contribution is 0.0545. The van der Waals surface area contributed by atoms with Gasteiger partial charge in [-0.25, -0.2) is 10.9 Å². The van der Waals surface area contributed by atoms with Gasteiger partial charge in [0.1, 0.15) is 0 Å². The topological polar surface area (TPSA) is 63.4 Å². The average Bonchev–Trinajstić information content (AvgIpc) is 3.43. The number of fused-ring (bicyclic) bond motifs is 1. The van der Waals surface area contributed by atoms with E-state index >= 15 is 0 Å². The highest BCUT2D eigenvalue weighted by atomic mass is 16.2. The summed E-state index contributed by atoms with van der Waals surface area (Å²) in [5, 5.41) is 1.08. The Bertz CT molecular complexity index is 961. The summed E-state index contributed by atoms with van der Waals surface area (Å²) in [6, 6.07) is 18.8. The monoisotopic (exact) mass is 375 g/mol. The molecule has 144 valence electrons. The standard InChI is InChI=1S/C22H25N5O/c28-22(18-6-7-19-17(14-18)8-9-23-19)27-12-10-26(11-13-27)21-15-20(24-25-21)16-4-2-1-3-5-16/h1-9,14,20-21,23-25H,10-13,15H2. The van der Waals surface area contributed by atoms with Gasteiger partial charge in [-0.05, 0) is 36.2 Å². The molecular weight excluding hydrogens is 350 g/mol. The quantitative estimate of drug-likeness (QED) is 0.658. The van der Waals surface area contributed by atoms with Crippen LogP contribution in [0.15, 0.2) is 60.8 Å². The first-order valence-electron chi connectivity index (χ1n) is 9.94. The number of rotatable bonds is 3. The van der Waals surface area contributed by atoms with Crippen LogP contribution < -0.4 is 10.9 Å². The average molecular weight is 375 g/mol. The molecule has 0 spiro atoms. The Hall–Kier alpha value is -2.67. The number of aromatic nitrogens is 1. The summed E-state index contributed by atoms with van der Waals surface area (Å²) in [5.74, 6) is 0.127. The molecule has 0 radical (unpaired) electrons. The lowest BCUT2D eigenvalue weighted by Gasteiger charge is -2.37. The van der Waals surface area contributed by atoms with Gasteiger partial charge < -0.3 is 9.88 Å². The molecule has 2 aliphatic rings. The first kappa shape index (κ1) is 17.4. The number of nitrogens with one attached hydrogen (secondary N) is 3. The molecule has 2 atom stereocenters. The Labute approximate surface area is 164 Å². The summed E-state index contributed by atoms with van der Waals surface area (Å²) < 4.78 is 0. The fourth-order valence-electron chi connectivity index (χ4n) is 4.29. The number of benzene rings is 2. The van der Waals surface area contributed by atoms with Gasteiger partial charge in [-0.1, -0.05) is 30.3 Å². The number of H-pyrrole nitrogens is 1. The van der Waals surface area contributed by atoms with Gasteiger partial charge >= 0.3 is 0 Å².